The minimum Gasteiger partial charge on any atom is -0.373 e. The van der Waals surface area contributed by atoms with Crippen molar-refractivity contribution in [2.24, 2.45) is 0 Å². The summed E-state index contributed by atoms with van der Waals surface area (Å²) in [4.78, 5) is 2.53. The molecule has 0 radical (unpaired) electrons. The molecule has 0 atom stereocenters. The molecule has 0 spiro atoms. The van der Waals surface area contributed by atoms with Crippen molar-refractivity contribution in [2.75, 3.05) is 13.1 Å². The van der Waals surface area contributed by atoms with Gasteiger partial charge < -0.3 is 9.64 Å². The van der Waals surface area contributed by atoms with Crippen LogP contribution in [0.25, 0.3) is 0 Å². The molecule has 0 aromatic heterocycles. The van der Waals surface area contributed by atoms with Crippen molar-refractivity contribution >= 4 is 0 Å². The Hall–Kier alpha value is -0.860. The zero-order valence-corrected chi connectivity index (χ0v) is 10.9. The van der Waals surface area contributed by atoms with E-state index in [0.29, 0.717) is 12.1 Å². The number of benzene rings is 1. The van der Waals surface area contributed by atoms with Crippen LogP contribution in [0.5, 0.6) is 0 Å². The van der Waals surface area contributed by atoms with Crippen molar-refractivity contribution in [1.29, 1.82) is 0 Å². The molecule has 1 aromatic rings. The number of nitrogens with zero attached hydrogens (tertiary/aromatic N) is 1. The maximum atomic E-state index is 5.97. The first-order valence-electron chi connectivity index (χ1n) is 6.65. The second-order valence-electron chi connectivity index (χ2n) is 5.13. The summed E-state index contributed by atoms with van der Waals surface area (Å²) in [5.74, 6) is 0. The van der Waals surface area contributed by atoms with Gasteiger partial charge in [-0.15, -0.1) is 0 Å². The van der Waals surface area contributed by atoms with E-state index in [0.717, 1.165) is 6.61 Å². The van der Waals surface area contributed by atoms with Gasteiger partial charge in [-0.2, -0.15) is 0 Å². The van der Waals surface area contributed by atoms with Gasteiger partial charge in [-0.25, -0.2) is 0 Å². The van der Waals surface area contributed by atoms with Gasteiger partial charge in [0.1, 0.15) is 0 Å². The lowest BCUT2D eigenvalue weighted by Gasteiger charge is -2.34. The number of hydrogen-bond donors (Lipinski definition) is 0. The van der Waals surface area contributed by atoms with Crippen molar-refractivity contribution < 1.29 is 4.74 Å². The minimum atomic E-state index is 0.449. The highest BCUT2D eigenvalue weighted by atomic mass is 16.5. The highest BCUT2D eigenvalue weighted by Gasteiger charge is 2.20. The van der Waals surface area contributed by atoms with Crippen LogP contribution in [0.2, 0.25) is 0 Å². The minimum absolute atomic E-state index is 0.449. The average Bonchev–Trinajstić information content (AvgIpc) is 2.38. The van der Waals surface area contributed by atoms with Crippen molar-refractivity contribution in [3.63, 3.8) is 0 Å². The summed E-state index contributed by atoms with van der Waals surface area (Å²) in [5, 5.41) is 0. The predicted octanol–water partition coefficient (Wildman–Crippen LogP) is 3.08. The first kappa shape index (κ1) is 12.6. The van der Waals surface area contributed by atoms with Gasteiger partial charge in [-0.1, -0.05) is 30.3 Å². The number of likely N-dealkylation sites (tertiary alicyclic amines) is 1. The molecule has 0 N–H and O–H groups in total. The SMILES string of the molecule is CC(C)N1CCC(OCc2ccccc2)CC1. The van der Waals surface area contributed by atoms with Gasteiger partial charge in [-0.3, -0.25) is 0 Å². The van der Waals surface area contributed by atoms with E-state index in [9.17, 15) is 0 Å². The fourth-order valence-corrected chi connectivity index (χ4v) is 2.35. The maximum Gasteiger partial charge on any atom is 0.0720 e. The molecule has 2 heteroatoms. The van der Waals surface area contributed by atoms with Gasteiger partial charge in [0.25, 0.3) is 0 Å². The quantitative estimate of drug-likeness (QED) is 0.792. The van der Waals surface area contributed by atoms with Crippen LogP contribution < -0.4 is 0 Å². The predicted molar refractivity (Wildman–Crippen MR) is 71.0 cm³/mol. The molecule has 1 heterocycles. The van der Waals surface area contributed by atoms with Crippen LogP contribution in [0.1, 0.15) is 32.3 Å². The summed E-state index contributed by atoms with van der Waals surface area (Å²) in [6.45, 7) is 7.65. The van der Waals surface area contributed by atoms with Gasteiger partial charge in [0, 0.05) is 19.1 Å². The normalized spacial score (nSPS) is 18.8. The molecule has 2 nitrogen and oxygen atoms in total. The first-order chi connectivity index (χ1) is 8.25. The Kier molecular flexibility index (Phi) is 4.57. The lowest BCUT2D eigenvalue weighted by atomic mass is 10.1. The Labute approximate surface area is 105 Å². The van der Waals surface area contributed by atoms with E-state index in [1.165, 1.54) is 31.5 Å². The highest BCUT2D eigenvalue weighted by Crippen LogP contribution is 2.17. The van der Waals surface area contributed by atoms with Crippen LogP contribution in [0.3, 0.4) is 0 Å². The molecule has 2 rings (SSSR count). The Balaban J connectivity index is 1.72. The van der Waals surface area contributed by atoms with Gasteiger partial charge in [0.05, 0.1) is 12.7 Å². The van der Waals surface area contributed by atoms with Crippen molar-refractivity contribution in [2.45, 2.75) is 45.4 Å². The second-order valence-corrected chi connectivity index (χ2v) is 5.13. The summed E-state index contributed by atoms with van der Waals surface area (Å²) < 4.78 is 5.97. The molecule has 0 bridgehead atoms. The first-order valence-corrected chi connectivity index (χ1v) is 6.65. The number of ether oxygens (including phenoxy) is 1. The lowest BCUT2D eigenvalue weighted by molar-refractivity contribution is -0.00802. The molecule has 17 heavy (non-hydrogen) atoms. The van der Waals surface area contributed by atoms with Gasteiger partial charge >= 0.3 is 0 Å². The van der Waals surface area contributed by atoms with Crippen molar-refractivity contribution in [3.05, 3.63) is 35.9 Å². The molecule has 94 valence electrons. The van der Waals surface area contributed by atoms with Gasteiger partial charge in [0.15, 0.2) is 0 Å². The lowest BCUT2D eigenvalue weighted by Crippen LogP contribution is -2.40. The van der Waals surface area contributed by atoms with Gasteiger partial charge in [-0.05, 0) is 32.3 Å². The third-order valence-electron chi connectivity index (χ3n) is 3.54. The summed E-state index contributed by atoms with van der Waals surface area (Å²) in [7, 11) is 0. The third kappa shape index (κ3) is 3.83. The molecule has 1 aliphatic heterocycles. The number of rotatable bonds is 4. The Bertz CT molecular complexity index is 315. The molecular weight excluding hydrogens is 210 g/mol. The fourth-order valence-electron chi connectivity index (χ4n) is 2.35. The van der Waals surface area contributed by atoms with Crippen LogP contribution in [0.15, 0.2) is 30.3 Å². The zero-order valence-electron chi connectivity index (χ0n) is 10.9. The monoisotopic (exact) mass is 233 g/mol. The Morgan fingerprint density at radius 2 is 1.82 bits per heavy atom. The van der Waals surface area contributed by atoms with Crippen LogP contribution in [-0.4, -0.2) is 30.1 Å². The van der Waals surface area contributed by atoms with Gasteiger partial charge in [0.2, 0.25) is 0 Å². The standard InChI is InChI=1S/C15H23NO/c1-13(2)16-10-8-15(9-11-16)17-12-14-6-4-3-5-7-14/h3-7,13,15H,8-12H2,1-2H3. The van der Waals surface area contributed by atoms with Crippen LogP contribution in [0.4, 0.5) is 0 Å². The summed E-state index contributed by atoms with van der Waals surface area (Å²) in [6, 6.07) is 11.1. The van der Waals surface area contributed by atoms with Crippen LogP contribution in [-0.2, 0) is 11.3 Å². The van der Waals surface area contributed by atoms with Crippen molar-refractivity contribution in [3.8, 4) is 0 Å². The van der Waals surface area contributed by atoms with E-state index in [2.05, 4.69) is 43.0 Å². The largest absolute Gasteiger partial charge is 0.373 e. The summed E-state index contributed by atoms with van der Waals surface area (Å²) in [6.07, 6.45) is 2.79. The van der Waals surface area contributed by atoms with Crippen molar-refractivity contribution in [1.82, 2.24) is 4.90 Å². The van der Waals surface area contributed by atoms with E-state index >= 15 is 0 Å². The van der Waals surface area contributed by atoms with E-state index < -0.39 is 0 Å². The molecule has 0 amide bonds. The Morgan fingerprint density at radius 1 is 1.18 bits per heavy atom. The molecule has 0 aliphatic carbocycles. The third-order valence-corrected chi connectivity index (χ3v) is 3.54. The van der Waals surface area contributed by atoms with E-state index in [1.807, 2.05) is 6.07 Å². The molecule has 1 aliphatic rings. The fraction of sp³-hybridized carbons (Fsp3) is 0.600. The second kappa shape index (κ2) is 6.18. The highest BCUT2D eigenvalue weighted by molar-refractivity contribution is 5.13. The zero-order chi connectivity index (χ0) is 12.1. The maximum absolute atomic E-state index is 5.97. The van der Waals surface area contributed by atoms with Crippen LogP contribution >= 0.6 is 0 Å². The molecule has 1 saturated heterocycles. The molecule has 1 fully saturated rings. The summed E-state index contributed by atoms with van der Waals surface area (Å²) in [5.41, 5.74) is 1.28. The average molecular weight is 233 g/mol. The smallest absolute Gasteiger partial charge is 0.0720 e. The number of piperidine rings is 1. The summed E-state index contributed by atoms with van der Waals surface area (Å²) >= 11 is 0. The van der Waals surface area contributed by atoms with E-state index in [4.69, 9.17) is 4.74 Å². The molecule has 0 saturated carbocycles. The van der Waals surface area contributed by atoms with E-state index in [-0.39, 0.29) is 0 Å². The number of hydrogen-bond acceptors (Lipinski definition) is 2. The Morgan fingerprint density at radius 3 is 2.41 bits per heavy atom. The molecule has 1 aromatic carbocycles. The van der Waals surface area contributed by atoms with Crippen LogP contribution in [0, 0.1) is 0 Å². The molecule has 0 unspecified atom stereocenters. The molecular formula is C15H23NO. The topological polar surface area (TPSA) is 12.5 Å². The van der Waals surface area contributed by atoms with E-state index in [1.54, 1.807) is 0 Å².